The van der Waals surface area contributed by atoms with Crippen molar-refractivity contribution in [2.24, 2.45) is 0 Å². The van der Waals surface area contributed by atoms with Gasteiger partial charge in [-0.1, -0.05) is 69.4 Å². The van der Waals surface area contributed by atoms with E-state index >= 15 is 0 Å². The zero-order valence-corrected chi connectivity index (χ0v) is 14.9. The molecular weight excluding hydrogens is 320 g/mol. The van der Waals surface area contributed by atoms with E-state index in [9.17, 15) is 14.9 Å². The van der Waals surface area contributed by atoms with Crippen molar-refractivity contribution in [3.05, 3.63) is 46.0 Å². The van der Waals surface area contributed by atoms with Gasteiger partial charge in [-0.3, -0.25) is 14.9 Å². The predicted octanol–water partition coefficient (Wildman–Crippen LogP) is 4.29. The van der Waals surface area contributed by atoms with Crippen molar-refractivity contribution in [3.63, 3.8) is 0 Å². The molecule has 0 bridgehead atoms. The molecule has 1 saturated heterocycles. The Kier molecular flexibility index (Phi) is 7.85. The lowest BCUT2D eigenvalue weighted by atomic mass is 10.1. The second-order valence-corrected chi connectivity index (χ2v) is 6.50. The third-order valence-corrected chi connectivity index (χ3v) is 4.57. The summed E-state index contributed by atoms with van der Waals surface area (Å²) >= 11 is 0. The van der Waals surface area contributed by atoms with E-state index in [0.29, 0.717) is 25.0 Å². The molecular formula is C19H28N2O4. The van der Waals surface area contributed by atoms with Gasteiger partial charge in [-0.2, -0.15) is 0 Å². The molecule has 1 aromatic carbocycles. The van der Waals surface area contributed by atoms with Gasteiger partial charge in [0.1, 0.15) is 6.23 Å². The summed E-state index contributed by atoms with van der Waals surface area (Å²) in [7, 11) is 0. The summed E-state index contributed by atoms with van der Waals surface area (Å²) < 4.78 is 5.85. The smallest absolute Gasteiger partial charge is 0.317 e. The maximum Gasteiger partial charge on any atom is 0.317 e. The Hall–Kier alpha value is -1.95. The number of unbranched alkanes of at least 4 members (excludes halogenated alkanes) is 5. The van der Waals surface area contributed by atoms with E-state index in [1.165, 1.54) is 30.6 Å². The van der Waals surface area contributed by atoms with Crippen LogP contribution >= 0.6 is 0 Å². The fourth-order valence-corrected chi connectivity index (χ4v) is 3.24. The van der Waals surface area contributed by atoms with Crippen LogP contribution in [0.1, 0.15) is 70.0 Å². The highest BCUT2D eigenvalue weighted by Gasteiger charge is 2.43. The molecule has 1 aliphatic heterocycles. The fraction of sp³-hybridized carbons (Fsp3) is 0.632. The van der Waals surface area contributed by atoms with Gasteiger partial charge in [0.15, 0.2) is 0 Å². The van der Waals surface area contributed by atoms with Crippen molar-refractivity contribution in [1.29, 1.82) is 0 Å². The van der Waals surface area contributed by atoms with Crippen LogP contribution < -0.4 is 0 Å². The molecule has 1 heterocycles. The molecule has 2 unspecified atom stereocenters. The molecule has 25 heavy (non-hydrogen) atoms. The number of ether oxygens (including phenoxy) is 1. The molecule has 0 aromatic heterocycles. The summed E-state index contributed by atoms with van der Waals surface area (Å²) in [6, 6.07) is 8.67. The van der Waals surface area contributed by atoms with Crippen LogP contribution in [0.3, 0.4) is 0 Å². The Morgan fingerprint density at radius 1 is 1.20 bits per heavy atom. The molecule has 138 valence electrons. The Morgan fingerprint density at radius 3 is 2.56 bits per heavy atom. The number of amides is 1. The number of hydrogen-bond donors (Lipinski definition) is 0. The molecule has 2 rings (SSSR count). The zero-order chi connectivity index (χ0) is 18.1. The van der Waals surface area contributed by atoms with Crippen LogP contribution in [0.2, 0.25) is 0 Å². The lowest BCUT2D eigenvalue weighted by molar-refractivity contribution is -0.557. The lowest BCUT2D eigenvalue weighted by Crippen LogP contribution is -2.41. The van der Waals surface area contributed by atoms with Gasteiger partial charge in [0.05, 0.1) is 4.92 Å². The van der Waals surface area contributed by atoms with Gasteiger partial charge in [0.2, 0.25) is 5.91 Å². The van der Waals surface area contributed by atoms with Crippen LogP contribution in [0.15, 0.2) is 30.3 Å². The van der Waals surface area contributed by atoms with Crippen LogP contribution in [-0.2, 0) is 9.53 Å². The van der Waals surface area contributed by atoms with Gasteiger partial charge in [-0.25, -0.2) is 4.90 Å². The Bertz CT molecular complexity index is 550. The van der Waals surface area contributed by atoms with E-state index < -0.39 is 17.3 Å². The Balaban J connectivity index is 1.92. The van der Waals surface area contributed by atoms with Crippen molar-refractivity contribution in [3.8, 4) is 0 Å². The first kappa shape index (κ1) is 19.4. The minimum atomic E-state index is -1.18. The number of carbonyl (C=O) groups is 1. The van der Waals surface area contributed by atoms with Crippen LogP contribution in [0.4, 0.5) is 0 Å². The zero-order valence-electron chi connectivity index (χ0n) is 14.9. The van der Waals surface area contributed by atoms with E-state index in [4.69, 9.17) is 4.74 Å². The van der Waals surface area contributed by atoms with Gasteiger partial charge in [0.25, 0.3) is 0 Å². The third-order valence-electron chi connectivity index (χ3n) is 4.57. The molecule has 0 radical (unpaired) electrons. The first-order chi connectivity index (χ1) is 12.1. The molecule has 2 atom stereocenters. The summed E-state index contributed by atoms with van der Waals surface area (Å²) in [6.07, 6.45) is 6.07. The molecule has 1 aromatic rings. The van der Waals surface area contributed by atoms with Crippen LogP contribution in [0.25, 0.3) is 0 Å². The minimum absolute atomic E-state index is 0.210. The molecule has 0 spiro atoms. The van der Waals surface area contributed by atoms with E-state index in [1.54, 1.807) is 30.3 Å². The maximum absolute atomic E-state index is 12.3. The number of rotatable bonds is 11. The normalized spacial score (nSPS) is 18.5. The standard InChI is InChI=1S/C19H28N2O4/c1-2-3-4-5-6-10-15-25-18-14-13-17(22)20(18)19(21(23)24)16-11-8-7-9-12-16/h7-9,11-12,18-19H,2-6,10,13-15H2,1H3. The Morgan fingerprint density at radius 2 is 1.88 bits per heavy atom. The van der Waals surface area contributed by atoms with Gasteiger partial charge >= 0.3 is 6.17 Å². The average Bonchev–Trinajstić information content (AvgIpc) is 2.96. The SMILES string of the molecule is CCCCCCCCOC1CCC(=O)N1C(c1ccccc1)[N+](=O)[O-]. The van der Waals surface area contributed by atoms with E-state index in [-0.39, 0.29) is 5.91 Å². The topological polar surface area (TPSA) is 72.7 Å². The number of nitrogens with zero attached hydrogens (tertiary/aromatic N) is 2. The number of hydrogen-bond acceptors (Lipinski definition) is 4. The summed E-state index contributed by atoms with van der Waals surface area (Å²) in [6.45, 7) is 2.73. The first-order valence-electron chi connectivity index (χ1n) is 9.26. The molecule has 0 aliphatic carbocycles. The second-order valence-electron chi connectivity index (χ2n) is 6.50. The fourth-order valence-electron chi connectivity index (χ4n) is 3.24. The maximum atomic E-state index is 12.3. The highest BCUT2D eigenvalue weighted by atomic mass is 16.6. The first-order valence-corrected chi connectivity index (χ1v) is 9.26. The van der Waals surface area contributed by atoms with E-state index in [0.717, 1.165) is 12.8 Å². The summed E-state index contributed by atoms with van der Waals surface area (Å²) in [4.78, 5) is 24.8. The quantitative estimate of drug-likeness (QED) is 0.340. The highest BCUT2D eigenvalue weighted by molar-refractivity contribution is 5.78. The molecule has 1 aliphatic rings. The number of carbonyl (C=O) groups excluding carboxylic acids is 1. The van der Waals surface area contributed by atoms with Crippen molar-refractivity contribution < 1.29 is 14.5 Å². The lowest BCUT2D eigenvalue weighted by Gasteiger charge is -2.27. The van der Waals surface area contributed by atoms with Crippen molar-refractivity contribution >= 4 is 5.91 Å². The van der Waals surface area contributed by atoms with Crippen LogP contribution in [0.5, 0.6) is 0 Å². The molecule has 1 amide bonds. The monoisotopic (exact) mass is 348 g/mol. The second kappa shape index (κ2) is 10.1. The predicted molar refractivity (Wildman–Crippen MR) is 95.4 cm³/mol. The Labute approximate surface area is 149 Å². The summed E-state index contributed by atoms with van der Waals surface area (Å²) in [5.41, 5.74) is 0.510. The molecule has 0 saturated carbocycles. The van der Waals surface area contributed by atoms with Crippen LogP contribution in [-0.4, -0.2) is 28.6 Å². The molecule has 6 heteroatoms. The van der Waals surface area contributed by atoms with Crippen LogP contribution in [0, 0.1) is 10.1 Å². The number of benzene rings is 1. The summed E-state index contributed by atoms with van der Waals surface area (Å²) in [5, 5.41) is 11.6. The van der Waals surface area contributed by atoms with Gasteiger partial charge < -0.3 is 4.74 Å². The van der Waals surface area contributed by atoms with Crippen molar-refractivity contribution in [2.45, 2.75) is 70.7 Å². The molecule has 1 fully saturated rings. The largest absolute Gasteiger partial charge is 0.358 e. The van der Waals surface area contributed by atoms with Gasteiger partial charge in [-0.15, -0.1) is 0 Å². The average molecular weight is 348 g/mol. The minimum Gasteiger partial charge on any atom is -0.358 e. The van der Waals surface area contributed by atoms with Gasteiger partial charge in [-0.05, 0) is 6.42 Å². The summed E-state index contributed by atoms with van der Waals surface area (Å²) in [5.74, 6) is -0.210. The van der Waals surface area contributed by atoms with Crippen molar-refractivity contribution in [2.75, 3.05) is 6.61 Å². The van der Waals surface area contributed by atoms with E-state index in [1.807, 2.05) is 0 Å². The van der Waals surface area contributed by atoms with E-state index in [2.05, 4.69) is 6.92 Å². The number of likely N-dealkylation sites (tertiary alicyclic amines) is 1. The van der Waals surface area contributed by atoms with Crippen molar-refractivity contribution in [1.82, 2.24) is 4.90 Å². The number of nitro groups is 1. The molecule has 6 nitrogen and oxygen atoms in total. The third kappa shape index (κ3) is 5.53. The highest BCUT2D eigenvalue weighted by Crippen LogP contribution is 2.31. The molecule has 0 N–H and O–H groups in total. The van der Waals surface area contributed by atoms with Gasteiger partial charge in [0, 0.05) is 25.0 Å².